The van der Waals surface area contributed by atoms with Gasteiger partial charge in [0.1, 0.15) is 5.69 Å². The number of rotatable bonds is 2. The normalized spacial score (nSPS) is 10.6. The van der Waals surface area contributed by atoms with Crippen LogP contribution in [0.2, 0.25) is 10.0 Å². The third kappa shape index (κ3) is 3.12. The van der Waals surface area contributed by atoms with Gasteiger partial charge in [-0.1, -0.05) is 23.2 Å². The molecule has 3 rings (SSSR count). The van der Waals surface area contributed by atoms with Gasteiger partial charge in [0, 0.05) is 27.3 Å². The van der Waals surface area contributed by atoms with E-state index >= 15 is 0 Å². The molecule has 2 aromatic heterocycles. The van der Waals surface area contributed by atoms with Crippen LogP contribution < -0.4 is 5.32 Å². The summed E-state index contributed by atoms with van der Waals surface area (Å²) in [5.74, 6) is -0.346. The molecule has 6 heteroatoms. The Kier molecular flexibility index (Phi) is 3.73. The van der Waals surface area contributed by atoms with E-state index < -0.39 is 0 Å². The number of benzene rings is 1. The Balaban J connectivity index is 1.89. The molecule has 21 heavy (non-hydrogen) atoms. The third-order valence-electron chi connectivity index (χ3n) is 2.82. The summed E-state index contributed by atoms with van der Waals surface area (Å²) in [6, 6.07) is 12.0. The Bertz CT molecular complexity index is 816. The van der Waals surface area contributed by atoms with Crippen molar-refractivity contribution in [1.82, 2.24) is 9.97 Å². The van der Waals surface area contributed by atoms with Crippen LogP contribution >= 0.6 is 23.2 Å². The monoisotopic (exact) mass is 317 g/mol. The van der Waals surface area contributed by atoms with E-state index in [9.17, 15) is 4.79 Å². The Morgan fingerprint density at radius 3 is 2.57 bits per heavy atom. The molecule has 0 aliphatic carbocycles. The number of halogens is 2. The number of fused-ring (bicyclic) bond motifs is 1. The van der Waals surface area contributed by atoms with E-state index in [0.717, 1.165) is 5.39 Å². The number of nitrogens with zero attached hydrogens (tertiary/aromatic N) is 2. The van der Waals surface area contributed by atoms with E-state index in [4.69, 9.17) is 23.2 Å². The highest BCUT2D eigenvalue weighted by Crippen LogP contribution is 2.23. The van der Waals surface area contributed by atoms with Gasteiger partial charge >= 0.3 is 0 Å². The maximum Gasteiger partial charge on any atom is 0.274 e. The molecule has 1 N–H and O–H groups in total. The Morgan fingerprint density at radius 1 is 1.05 bits per heavy atom. The third-order valence-corrected chi connectivity index (χ3v) is 3.25. The first-order valence-corrected chi connectivity index (χ1v) is 6.87. The molecule has 3 aromatic rings. The molecule has 0 radical (unpaired) electrons. The first kappa shape index (κ1) is 13.8. The smallest absolute Gasteiger partial charge is 0.274 e. The molecule has 0 aliphatic heterocycles. The number of carbonyl (C=O) groups excluding carboxylic acids is 1. The summed E-state index contributed by atoms with van der Waals surface area (Å²) in [5, 5.41) is 4.48. The summed E-state index contributed by atoms with van der Waals surface area (Å²) in [7, 11) is 0. The molecule has 0 saturated carbocycles. The fourth-order valence-corrected chi connectivity index (χ4v) is 2.43. The number of hydrogen-bond donors (Lipinski definition) is 1. The lowest BCUT2D eigenvalue weighted by atomic mass is 10.2. The van der Waals surface area contributed by atoms with Crippen molar-refractivity contribution in [2.45, 2.75) is 0 Å². The molecule has 0 saturated heterocycles. The fourth-order valence-electron chi connectivity index (χ4n) is 1.90. The van der Waals surface area contributed by atoms with Crippen molar-refractivity contribution in [3.05, 3.63) is 64.4 Å². The van der Waals surface area contributed by atoms with Crippen LogP contribution in [0.5, 0.6) is 0 Å². The van der Waals surface area contributed by atoms with Gasteiger partial charge in [-0.25, -0.2) is 9.97 Å². The van der Waals surface area contributed by atoms with E-state index in [0.29, 0.717) is 21.4 Å². The standard InChI is InChI=1S/C15H9Cl2N3O/c16-10-6-11(17)8-12(7-10)19-15(21)13-4-3-9-2-1-5-18-14(9)20-13/h1-8H,(H,19,21). The number of pyridine rings is 2. The van der Waals surface area contributed by atoms with Crippen molar-refractivity contribution in [2.75, 3.05) is 5.32 Å². The van der Waals surface area contributed by atoms with Crippen LogP contribution in [0, 0.1) is 0 Å². The van der Waals surface area contributed by atoms with Crippen molar-refractivity contribution < 1.29 is 4.79 Å². The molecular weight excluding hydrogens is 309 g/mol. The highest BCUT2D eigenvalue weighted by Gasteiger charge is 2.10. The number of carbonyl (C=O) groups is 1. The summed E-state index contributed by atoms with van der Waals surface area (Å²) in [6.07, 6.45) is 1.63. The van der Waals surface area contributed by atoms with Crippen molar-refractivity contribution in [1.29, 1.82) is 0 Å². The molecule has 104 valence electrons. The van der Waals surface area contributed by atoms with Gasteiger partial charge in [0.2, 0.25) is 0 Å². The molecule has 0 atom stereocenters. The number of hydrogen-bond acceptors (Lipinski definition) is 3. The minimum absolute atomic E-state index is 0.275. The summed E-state index contributed by atoms with van der Waals surface area (Å²) in [5.41, 5.74) is 1.31. The molecule has 0 bridgehead atoms. The number of nitrogens with one attached hydrogen (secondary N) is 1. The average Bonchev–Trinajstić information content (AvgIpc) is 2.45. The Hall–Kier alpha value is -2.17. The van der Waals surface area contributed by atoms with Gasteiger partial charge in [-0.15, -0.1) is 0 Å². The minimum Gasteiger partial charge on any atom is -0.321 e. The van der Waals surface area contributed by atoms with Crippen molar-refractivity contribution in [3.8, 4) is 0 Å². The molecule has 0 spiro atoms. The summed E-state index contributed by atoms with van der Waals surface area (Å²) in [6.45, 7) is 0. The van der Waals surface area contributed by atoms with Crippen LogP contribution in [-0.2, 0) is 0 Å². The van der Waals surface area contributed by atoms with E-state index in [2.05, 4.69) is 15.3 Å². The van der Waals surface area contributed by atoms with Crippen LogP contribution in [-0.4, -0.2) is 15.9 Å². The van der Waals surface area contributed by atoms with E-state index in [1.54, 1.807) is 36.5 Å². The van der Waals surface area contributed by atoms with Gasteiger partial charge < -0.3 is 5.32 Å². The van der Waals surface area contributed by atoms with Crippen LogP contribution in [0.25, 0.3) is 11.0 Å². The SMILES string of the molecule is O=C(Nc1cc(Cl)cc(Cl)c1)c1ccc2cccnc2n1. The second kappa shape index (κ2) is 5.68. The zero-order chi connectivity index (χ0) is 14.8. The second-order valence-electron chi connectivity index (χ2n) is 4.36. The fraction of sp³-hybridized carbons (Fsp3) is 0. The lowest BCUT2D eigenvalue weighted by molar-refractivity contribution is 0.102. The highest BCUT2D eigenvalue weighted by molar-refractivity contribution is 6.35. The molecule has 1 aromatic carbocycles. The van der Waals surface area contributed by atoms with E-state index in [1.165, 1.54) is 0 Å². The van der Waals surface area contributed by atoms with Gasteiger partial charge in [-0.05, 0) is 42.5 Å². The van der Waals surface area contributed by atoms with Gasteiger partial charge in [0.05, 0.1) is 0 Å². The number of amides is 1. The summed E-state index contributed by atoms with van der Waals surface area (Å²) < 4.78 is 0. The molecule has 0 unspecified atom stereocenters. The van der Waals surface area contributed by atoms with Gasteiger partial charge in [-0.3, -0.25) is 4.79 Å². The van der Waals surface area contributed by atoms with Gasteiger partial charge in [0.15, 0.2) is 5.65 Å². The van der Waals surface area contributed by atoms with E-state index in [-0.39, 0.29) is 11.6 Å². The molecular formula is C15H9Cl2N3O. The van der Waals surface area contributed by atoms with E-state index in [1.807, 2.05) is 12.1 Å². The predicted molar refractivity (Wildman–Crippen MR) is 84.0 cm³/mol. The maximum atomic E-state index is 12.2. The molecule has 4 nitrogen and oxygen atoms in total. The summed E-state index contributed by atoms with van der Waals surface area (Å²) in [4.78, 5) is 20.5. The molecule has 0 fully saturated rings. The first-order chi connectivity index (χ1) is 10.1. The Labute approximate surface area is 130 Å². The van der Waals surface area contributed by atoms with Crippen LogP contribution in [0.4, 0.5) is 5.69 Å². The molecule has 0 aliphatic rings. The van der Waals surface area contributed by atoms with Gasteiger partial charge in [-0.2, -0.15) is 0 Å². The van der Waals surface area contributed by atoms with Crippen LogP contribution in [0.3, 0.4) is 0 Å². The maximum absolute atomic E-state index is 12.2. The van der Waals surface area contributed by atoms with Crippen molar-refractivity contribution >= 4 is 45.8 Å². The first-order valence-electron chi connectivity index (χ1n) is 6.11. The van der Waals surface area contributed by atoms with Gasteiger partial charge in [0.25, 0.3) is 5.91 Å². The highest BCUT2D eigenvalue weighted by atomic mass is 35.5. The second-order valence-corrected chi connectivity index (χ2v) is 5.23. The largest absolute Gasteiger partial charge is 0.321 e. The topological polar surface area (TPSA) is 54.9 Å². The average molecular weight is 318 g/mol. The zero-order valence-corrected chi connectivity index (χ0v) is 12.2. The predicted octanol–water partition coefficient (Wildman–Crippen LogP) is 4.19. The zero-order valence-electron chi connectivity index (χ0n) is 10.7. The van der Waals surface area contributed by atoms with Crippen molar-refractivity contribution in [2.24, 2.45) is 0 Å². The molecule has 1 amide bonds. The summed E-state index contributed by atoms with van der Waals surface area (Å²) >= 11 is 11.8. The molecule has 2 heterocycles. The minimum atomic E-state index is -0.346. The number of aromatic nitrogens is 2. The lowest BCUT2D eigenvalue weighted by Gasteiger charge is -2.06. The number of anilines is 1. The van der Waals surface area contributed by atoms with Crippen LogP contribution in [0.15, 0.2) is 48.7 Å². The van der Waals surface area contributed by atoms with Crippen molar-refractivity contribution in [3.63, 3.8) is 0 Å². The quantitative estimate of drug-likeness (QED) is 0.771. The van der Waals surface area contributed by atoms with Crippen LogP contribution in [0.1, 0.15) is 10.5 Å². The Morgan fingerprint density at radius 2 is 1.81 bits per heavy atom. The lowest BCUT2D eigenvalue weighted by Crippen LogP contribution is -2.13.